The minimum Gasteiger partial charge on any atom is -0.454 e. The standard InChI is InChI=1S/C19H17ClN4O2/c20-15-4-2-1-3-14(15)11-22-18-7-8-21-19(24-18)23-10-13-5-6-16-17(9-13)26-12-25-16/h1-9H,10-12H2,(H2,21,22,23,24). The molecule has 4 rings (SSSR count). The maximum absolute atomic E-state index is 6.18. The van der Waals surface area contributed by atoms with E-state index in [2.05, 4.69) is 20.6 Å². The number of benzene rings is 2. The molecule has 7 heteroatoms. The number of anilines is 2. The first-order valence-corrected chi connectivity index (χ1v) is 8.58. The molecule has 0 unspecified atom stereocenters. The zero-order valence-electron chi connectivity index (χ0n) is 13.9. The Balaban J connectivity index is 1.37. The molecule has 6 nitrogen and oxygen atoms in total. The summed E-state index contributed by atoms with van der Waals surface area (Å²) >= 11 is 6.18. The van der Waals surface area contributed by atoms with Crippen LogP contribution in [0, 0.1) is 0 Å². The van der Waals surface area contributed by atoms with Crippen LogP contribution in [-0.4, -0.2) is 16.8 Å². The van der Waals surface area contributed by atoms with E-state index in [1.807, 2.05) is 48.5 Å². The second-order valence-electron chi connectivity index (χ2n) is 5.75. The summed E-state index contributed by atoms with van der Waals surface area (Å²) in [5.74, 6) is 2.82. The third-order valence-electron chi connectivity index (χ3n) is 3.96. The number of hydrogen-bond acceptors (Lipinski definition) is 6. The second-order valence-corrected chi connectivity index (χ2v) is 6.16. The van der Waals surface area contributed by atoms with Gasteiger partial charge in [-0.15, -0.1) is 0 Å². The van der Waals surface area contributed by atoms with Gasteiger partial charge in [0.15, 0.2) is 11.5 Å². The van der Waals surface area contributed by atoms with Gasteiger partial charge < -0.3 is 20.1 Å². The first kappa shape index (κ1) is 16.5. The van der Waals surface area contributed by atoms with Gasteiger partial charge in [-0.05, 0) is 35.4 Å². The van der Waals surface area contributed by atoms with E-state index in [0.717, 1.165) is 33.5 Å². The van der Waals surface area contributed by atoms with Crippen LogP contribution in [-0.2, 0) is 13.1 Å². The van der Waals surface area contributed by atoms with E-state index < -0.39 is 0 Å². The fourth-order valence-corrected chi connectivity index (χ4v) is 2.80. The molecule has 0 aliphatic carbocycles. The van der Waals surface area contributed by atoms with E-state index in [0.29, 0.717) is 19.0 Å². The number of aromatic nitrogens is 2. The van der Waals surface area contributed by atoms with Gasteiger partial charge in [0.05, 0.1) is 0 Å². The predicted octanol–water partition coefficient (Wildman–Crippen LogP) is 4.08. The zero-order valence-corrected chi connectivity index (χ0v) is 14.7. The summed E-state index contributed by atoms with van der Waals surface area (Å²) in [6.45, 7) is 1.46. The van der Waals surface area contributed by atoms with Crippen molar-refractivity contribution < 1.29 is 9.47 Å². The highest BCUT2D eigenvalue weighted by atomic mass is 35.5. The molecule has 0 fully saturated rings. The summed E-state index contributed by atoms with van der Waals surface area (Å²) in [5, 5.41) is 7.21. The molecular weight excluding hydrogens is 352 g/mol. The van der Waals surface area contributed by atoms with Crippen molar-refractivity contribution in [3.05, 3.63) is 70.9 Å². The van der Waals surface area contributed by atoms with Crippen LogP contribution < -0.4 is 20.1 Å². The van der Waals surface area contributed by atoms with Crippen molar-refractivity contribution in [2.24, 2.45) is 0 Å². The van der Waals surface area contributed by atoms with Crippen LogP contribution in [0.5, 0.6) is 11.5 Å². The molecule has 2 heterocycles. The third-order valence-corrected chi connectivity index (χ3v) is 4.33. The van der Waals surface area contributed by atoms with Crippen molar-refractivity contribution in [2.75, 3.05) is 17.4 Å². The molecule has 1 aliphatic rings. The Bertz CT molecular complexity index is 920. The van der Waals surface area contributed by atoms with Gasteiger partial charge in [0, 0.05) is 24.3 Å². The van der Waals surface area contributed by atoms with Crippen molar-refractivity contribution in [3.8, 4) is 11.5 Å². The summed E-state index contributed by atoms with van der Waals surface area (Å²) in [5.41, 5.74) is 2.08. The molecule has 132 valence electrons. The number of nitrogens with one attached hydrogen (secondary N) is 2. The predicted molar refractivity (Wildman–Crippen MR) is 101 cm³/mol. The van der Waals surface area contributed by atoms with Gasteiger partial charge in [-0.2, -0.15) is 4.98 Å². The van der Waals surface area contributed by atoms with E-state index in [1.165, 1.54) is 0 Å². The SMILES string of the molecule is Clc1ccccc1CNc1ccnc(NCc2ccc3c(c2)OCO3)n1. The highest BCUT2D eigenvalue weighted by molar-refractivity contribution is 6.31. The van der Waals surface area contributed by atoms with Crippen molar-refractivity contribution >= 4 is 23.4 Å². The number of nitrogens with zero attached hydrogens (tertiary/aromatic N) is 2. The Morgan fingerprint density at radius 3 is 2.77 bits per heavy atom. The third kappa shape index (κ3) is 3.81. The van der Waals surface area contributed by atoms with Gasteiger partial charge in [0.1, 0.15) is 5.82 Å². The first-order chi connectivity index (χ1) is 12.8. The summed E-state index contributed by atoms with van der Waals surface area (Å²) in [7, 11) is 0. The lowest BCUT2D eigenvalue weighted by molar-refractivity contribution is 0.174. The largest absolute Gasteiger partial charge is 0.454 e. The molecule has 2 N–H and O–H groups in total. The van der Waals surface area contributed by atoms with Gasteiger partial charge in [-0.25, -0.2) is 4.98 Å². The number of rotatable bonds is 6. The molecule has 0 radical (unpaired) electrons. The maximum Gasteiger partial charge on any atom is 0.231 e. The van der Waals surface area contributed by atoms with Crippen LogP contribution in [0.4, 0.5) is 11.8 Å². The van der Waals surface area contributed by atoms with Crippen molar-refractivity contribution in [1.82, 2.24) is 9.97 Å². The van der Waals surface area contributed by atoms with Crippen LogP contribution in [0.3, 0.4) is 0 Å². The Morgan fingerprint density at radius 2 is 1.85 bits per heavy atom. The molecule has 0 spiro atoms. The summed E-state index contributed by atoms with van der Waals surface area (Å²) in [6.07, 6.45) is 1.71. The van der Waals surface area contributed by atoms with Crippen LogP contribution in [0.25, 0.3) is 0 Å². The second kappa shape index (κ2) is 7.49. The van der Waals surface area contributed by atoms with Crippen molar-refractivity contribution in [3.63, 3.8) is 0 Å². The summed E-state index contributed by atoms with van der Waals surface area (Å²) < 4.78 is 10.7. The van der Waals surface area contributed by atoms with Gasteiger partial charge in [-0.1, -0.05) is 35.9 Å². The molecular formula is C19H17ClN4O2. The lowest BCUT2D eigenvalue weighted by Crippen LogP contribution is -2.07. The molecule has 0 saturated heterocycles. The average molecular weight is 369 g/mol. The lowest BCUT2D eigenvalue weighted by Gasteiger charge is -2.09. The molecule has 0 atom stereocenters. The Hall–Kier alpha value is -2.99. The molecule has 2 aromatic carbocycles. The van der Waals surface area contributed by atoms with E-state index >= 15 is 0 Å². The Labute approximate surface area is 156 Å². The van der Waals surface area contributed by atoms with Gasteiger partial charge in [-0.3, -0.25) is 0 Å². The Kier molecular flexibility index (Phi) is 4.75. The van der Waals surface area contributed by atoms with E-state index in [1.54, 1.807) is 6.20 Å². The molecule has 1 aromatic heterocycles. The Morgan fingerprint density at radius 1 is 0.962 bits per heavy atom. The number of halogens is 1. The minimum atomic E-state index is 0.272. The lowest BCUT2D eigenvalue weighted by atomic mass is 10.2. The maximum atomic E-state index is 6.18. The summed E-state index contributed by atoms with van der Waals surface area (Å²) in [6, 6.07) is 15.4. The fourth-order valence-electron chi connectivity index (χ4n) is 2.60. The highest BCUT2D eigenvalue weighted by Crippen LogP contribution is 2.32. The monoisotopic (exact) mass is 368 g/mol. The number of ether oxygens (including phenoxy) is 2. The van der Waals surface area contributed by atoms with Gasteiger partial charge >= 0.3 is 0 Å². The minimum absolute atomic E-state index is 0.272. The van der Waals surface area contributed by atoms with Gasteiger partial charge in [0.2, 0.25) is 12.7 Å². The first-order valence-electron chi connectivity index (χ1n) is 8.21. The van der Waals surface area contributed by atoms with Gasteiger partial charge in [0.25, 0.3) is 0 Å². The average Bonchev–Trinajstić information content (AvgIpc) is 3.14. The molecule has 0 saturated carbocycles. The smallest absolute Gasteiger partial charge is 0.231 e. The van der Waals surface area contributed by atoms with Crippen LogP contribution in [0.1, 0.15) is 11.1 Å². The van der Waals surface area contributed by atoms with Crippen molar-refractivity contribution in [2.45, 2.75) is 13.1 Å². The molecule has 1 aliphatic heterocycles. The fraction of sp³-hybridized carbons (Fsp3) is 0.158. The van der Waals surface area contributed by atoms with E-state index in [4.69, 9.17) is 21.1 Å². The quantitative estimate of drug-likeness (QED) is 0.683. The summed E-state index contributed by atoms with van der Waals surface area (Å²) in [4.78, 5) is 8.73. The molecule has 0 bridgehead atoms. The highest BCUT2D eigenvalue weighted by Gasteiger charge is 2.13. The number of hydrogen-bond donors (Lipinski definition) is 2. The van der Waals surface area contributed by atoms with E-state index in [-0.39, 0.29) is 6.79 Å². The zero-order chi connectivity index (χ0) is 17.8. The van der Waals surface area contributed by atoms with Crippen LogP contribution in [0.2, 0.25) is 5.02 Å². The normalized spacial score (nSPS) is 12.0. The van der Waals surface area contributed by atoms with E-state index in [9.17, 15) is 0 Å². The van der Waals surface area contributed by atoms with Crippen LogP contribution >= 0.6 is 11.6 Å². The number of fused-ring (bicyclic) bond motifs is 1. The molecule has 0 amide bonds. The van der Waals surface area contributed by atoms with Crippen molar-refractivity contribution in [1.29, 1.82) is 0 Å². The van der Waals surface area contributed by atoms with Crippen LogP contribution in [0.15, 0.2) is 54.7 Å². The molecule has 26 heavy (non-hydrogen) atoms. The molecule has 3 aromatic rings. The topological polar surface area (TPSA) is 68.3 Å².